The van der Waals surface area contributed by atoms with E-state index < -0.39 is 11.9 Å². The van der Waals surface area contributed by atoms with E-state index in [1.165, 1.54) is 18.4 Å². The molecule has 156 valence electrons. The Hall–Kier alpha value is -3.13. The van der Waals surface area contributed by atoms with E-state index in [0.717, 1.165) is 36.1 Å². The molecular formula is C22H22N2O5S. The number of amides is 1. The van der Waals surface area contributed by atoms with Gasteiger partial charge in [0.05, 0.1) is 19.3 Å². The Kier molecular flexibility index (Phi) is 5.59. The van der Waals surface area contributed by atoms with E-state index in [-0.39, 0.29) is 17.7 Å². The molecule has 0 spiro atoms. The minimum absolute atomic E-state index is 0.0805. The van der Waals surface area contributed by atoms with E-state index in [2.05, 4.69) is 5.32 Å². The van der Waals surface area contributed by atoms with Crippen LogP contribution in [0.15, 0.2) is 28.7 Å². The van der Waals surface area contributed by atoms with Crippen molar-refractivity contribution >= 4 is 39.2 Å². The third kappa shape index (κ3) is 3.59. The van der Waals surface area contributed by atoms with Crippen LogP contribution in [0.5, 0.6) is 5.75 Å². The van der Waals surface area contributed by atoms with E-state index in [4.69, 9.17) is 19.3 Å². The zero-order valence-electron chi connectivity index (χ0n) is 16.8. The average Bonchev–Trinajstić information content (AvgIpc) is 3.10. The maximum Gasteiger partial charge on any atom is 0.341 e. The molecular weight excluding hydrogens is 404 g/mol. The summed E-state index contributed by atoms with van der Waals surface area (Å²) in [4.78, 5) is 26.7. The molecule has 1 aromatic carbocycles. The number of carbonyl (C=O) groups is 2. The standard InChI is InChI=1S/C22H22N2O5S/c1-3-28-22(26)17-13-8-4-5-10-16(13)30-21(17)24-20(25)14-11-12-7-6-9-15(27-2)18(12)29-19(14)23/h6-7,9,11,23H,3-5,8,10H2,1-2H3,(H,24,25). The maximum absolute atomic E-state index is 13.0. The number of hydrogen-bond acceptors (Lipinski definition) is 7. The van der Waals surface area contributed by atoms with Crippen LogP contribution in [0.3, 0.4) is 0 Å². The van der Waals surface area contributed by atoms with Crippen LogP contribution >= 0.6 is 11.3 Å². The summed E-state index contributed by atoms with van der Waals surface area (Å²) < 4.78 is 16.1. The van der Waals surface area contributed by atoms with Crippen molar-refractivity contribution in [3.05, 3.63) is 51.4 Å². The van der Waals surface area contributed by atoms with Gasteiger partial charge in [0.25, 0.3) is 5.91 Å². The molecule has 30 heavy (non-hydrogen) atoms. The molecule has 2 heterocycles. The second kappa shape index (κ2) is 8.31. The number of nitrogens with one attached hydrogen (secondary N) is 2. The molecule has 1 aliphatic rings. The number of carbonyl (C=O) groups excluding carboxylic acids is 2. The van der Waals surface area contributed by atoms with Crippen molar-refractivity contribution in [3.8, 4) is 5.75 Å². The molecule has 2 N–H and O–H groups in total. The Balaban J connectivity index is 1.72. The first-order valence-corrected chi connectivity index (χ1v) is 10.6. The number of anilines is 1. The van der Waals surface area contributed by atoms with Gasteiger partial charge in [0.2, 0.25) is 5.55 Å². The summed E-state index contributed by atoms with van der Waals surface area (Å²) in [6.45, 7) is 2.02. The van der Waals surface area contributed by atoms with Gasteiger partial charge in [-0.05, 0) is 50.3 Å². The fourth-order valence-corrected chi connectivity index (χ4v) is 4.98. The largest absolute Gasteiger partial charge is 0.493 e. The predicted molar refractivity (Wildman–Crippen MR) is 113 cm³/mol. The maximum atomic E-state index is 13.0. The summed E-state index contributed by atoms with van der Waals surface area (Å²) >= 11 is 1.41. The molecule has 4 rings (SSSR count). The Morgan fingerprint density at radius 1 is 1.27 bits per heavy atom. The monoisotopic (exact) mass is 426 g/mol. The van der Waals surface area contributed by atoms with E-state index in [9.17, 15) is 9.59 Å². The van der Waals surface area contributed by atoms with E-state index in [1.54, 1.807) is 31.2 Å². The van der Waals surface area contributed by atoms with Gasteiger partial charge in [0, 0.05) is 10.3 Å². The average molecular weight is 426 g/mol. The Morgan fingerprint density at radius 2 is 2.07 bits per heavy atom. The molecule has 0 fully saturated rings. The fourth-order valence-electron chi connectivity index (χ4n) is 3.71. The first kappa shape index (κ1) is 20.2. The Labute approximate surface area is 177 Å². The van der Waals surface area contributed by atoms with E-state index in [0.29, 0.717) is 27.3 Å². The number of aryl methyl sites for hydroxylation is 1. The normalized spacial score (nSPS) is 13.0. The molecule has 0 atom stereocenters. The van der Waals surface area contributed by atoms with Gasteiger partial charge in [-0.1, -0.05) is 12.1 Å². The summed E-state index contributed by atoms with van der Waals surface area (Å²) in [7, 11) is 1.52. The number of hydrogen-bond donors (Lipinski definition) is 2. The number of ether oxygens (including phenoxy) is 2. The quantitative estimate of drug-likeness (QED) is 0.593. The first-order valence-electron chi connectivity index (χ1n) is 9.82. The molecule has 1 amide bonds. The molecule has 0 saturated heterocycles. The van der Waals surface area contributed by atoms with Gasteiger partial charge in [-0.3, -0.25) is 10.2 Å². The number of fused-ring (bicyclic) bond motifs is 2. The second-order valence-electron chi connectivity index (χ2n) is 6.96. The molecule has 3 aromatic rings. The second-order valence-corrected chi connectivity index (χ2v) is 8.06. The SMILES string of the molecule is CCOC(=O)c1c(NC(=O)c2cc3cccc(OC)c3oc2=N)sc2c1CCCC2. The van der Waals surface area contributed by atoms with Crippen LogP contribution in [0.25, 0.3) is 11.0 Å². The summed E-state index contributed by atoms with van der Waals surface area (Å²) in [5.74, 6) is -0.438. The lowest BCUT2D eigenvalue weighted by molar-refractivity contribution is 0.0526. The van der Waals surface area contributed by atoms with Crippen molar-refractivity contribution in [2.24, 2.45) is 0 Å². The number of para-hydroxylation sites is 1. The highest BCUT2D eigenvalue weighted by molar-refractivity contribution is 7.17. The molecule has 0 radical (unpaired) electrons. The summed E-state index contributed by atoms with van der Waals surface area (Å²) in [5.41, 5.74) is 1.62. The van der Waals surface area contributed by atoms with Crippen LogP contribution < -0.4 is 15.6 Å². The minimum atomic E-state index is -0.502. The summed E-state index contributed by atoms with van der Waals surface area (Å²) in [5, 5.41) is 12.1. The van der Waals surface area contributed by atoms with Crippen LogP contribution in [0.1, 0.15) is 50.9 Å². The highest BCUT2D eigenvalue weighted by Gasteiger charge is 2.28. The molecule has 0 bridgehead atoms. The van der Waals surface area contributed by atoms with Gasteiger partial charge in [0.1, 0.15) is 10.6 Å². The molecule has 7 nitrogen and oxygen atoms in total. The van der Waals surface area contributed by atoms with Crippen molar-refractivity contribution in [3.63, 3.8) is 0 Å². The van der Waals surface area contributed by atoms with Crippen LogP contribution in [0.4, 0.5) is 5.00 Å². The minimum Gasteiger partial charge on any atom is -0.493 e. The number of rotatable bonds is 5. The van der Waals surface area contributed by atoms with Crippen LogP contribution in [0, 0.1) is 5.41 Å². The molecule has 8 heteroatoms. The lowest BCUT2D eigenvalue weighted by Crippen LogP contribution is -2.22. The van der Waals surface area contributed by atoms with Crippen LogP contribution in [0.2, 0.25) is 0 Å². The molecule has 1 aliphatic carbocycles. The van der Waals surface area contributed by atoms with Gasteiger partial charge in [-0.15, -0.1) is 11.3 Å². The highest BCUT2D eigenvalue weighted by Crippen LogP contribution is 2.38. The van der Waals surface area contributed by atoms with Crippen molar-refractivity contribution in [1.82, 2.24) is 0 Å². The van der Waals surface area contributed by atoms with E-state index >= 15 is 0 Å². The summed E-state index contributed by atoms with van der Waals surface area (Å²) in [6.07, 6.45) is 3.75. The number of methoxy groups -OCH3 is 1. The first-order chi connectivity index (χ1) is 14.5. The number of esters is 1. The van der Waals surface area contributed by atoms with Crippen molar-refractivity contribution in [2.45, 2.75) is 32.6 Å². The highest BCUT2D eigenvalue weighted by atomic mass is 32.1. The van der Waals surface area contributed by atoms with Gasteiger partial charge in [-0.2, -0.15) is 0 Å². The molecule has 0 aliphatic heterocycles. The Bertz CT molecular complexity index is 1190. The van der Waals surface area contributed by atoms with E-state index in [1.807, 2.05) is 0 Å². The van der Waals surface area contributed by atoms with Gasteiger partial charge >= 0.3 is 5.97 Å². The van der Waals surface area contributed by atoms with Crippen LogP contribution in [-0.2, 0) is 17.6 Å². The predicted octanol–water partition coefficient (Wildman–Crippen LogP) is 4.29. The van der Waals surface area contributed by atoms with Gasteiger partial charge in [0.15, 0.2) is 11.3 Å². The Morgan fingerprint density at radius 3 is 2.83 bits per heavy atom. The third-order valence-corrected chi connectivity index (χ3v) is 6.31. The lowest BCUT2D eigenvalue weighted by Gasteiger charge is -2.12. The molecule has 0 saturated carbocycles. The van der Waals surface area contributed by atoms with Gasteiger partial charge in [-0.25, -0.2) is 4.79 Å². The topological polar surface area (TPSA) is 102 Å². The lowest BCUT2D eigenvalue weighted by atomic mass is 9.95. The van der Waals surface area contributed by atoms with Crippen molar-refractivity contribution < 1.29 is 23.5 Å². The zero-order chi connectivity index (χ0) is 21.3. The molecule has 0 unspecified atom stereocenters. The van der Waals surface area contributed by atoms with Gasteiger partial charge < -0.3 is 19.2 Å². The van der Waals surface area contributed by atoms with Crippen LogP contribution in [-0.4, -0.2) is 25.6 Å². The summed E-state index contributed by atoms with van der Waals surface area (Å²) in [6, 6.07) is 6.89. The smallest absolute Gasteiger partial charge is 0.341 e. The molecule has 2 aromatic heterocycles. The zero-order valence-corrected chi connectivity index (χ0v) is 17.6. The number of benzene rings is 1. The number of thiophene rings is 1. The third-order valence-electron chi connectivity index (χ3n) is 5.10. The van der Waals surface area contributed by atoms with Crippen molar-refractivity contribution in [1.29, 1.82) is 5.41 Å². The fraction of sp³-hybridized carbons (Fsp3) is 0.318. The van der Waals surface area contributed by atoms with Crippen molar-refractivity contribution in [2.75, 3.05) is 19.0 Å².